The Hall–Kier alpha value is -0.790. The van der Waals surface area contributed by atoms with E-state index in [2.05, 4.69) is 13.8 Å². The van der Waals surface area contributed by atoms with Crippen LogP contribution in [-0.2, 0) is 9.53 Å². The molecule has 0 amide bonds. The maximum Gasteiger partial charge on any atom is 0.311 e. The maximum atomic E-state index is 11.2. The summed E-state index contributed by atoms with van der Waals surface area (Å²) in [5.74, 6) is 1.28. The molecule has 0 unspecified atom stereocenters. The van der Waals surface area contributed by atoms with Crippen molar-refractivity contribution in [2.24, 2.45) is 11.3 Å². The highest BCUT2D eigenvalue weighted by Gasteiger charge is 2.40. The van der Waals surface area contributed by atoms with Gasteiger partial charge in [0.05, 0.1) is 6.42 Å². The van der Waals surface area contributed by atoms with Crippen molar-refractivity contribution in [2.75, 3.05) is 0 Å². The van der Waals surface area contributed by atoms with Crippen LogP contribution in [-0.4, -0.2) is 5.97 Å². The number of carbonyl (C=O) groups is 1. The molecule has 0 radical (unpaired) electrons. The van der Waals surface area contributed by atoms with Crippen LogP contribution in [0.2, 0.25) is 0 Å². The number of ether oxygens (including phenoxy) is 1. The monoisotopic (exact) mass is 180 g/mol. The molecule has 0 N–H and O–H groups in total. The molecule has 0 aromatic rings. The van der Waals surface area contributed by atoms with E-state index >= 15 is 0 Å². The lowest BCUT2D eigenvalue weighted by atomic mass is 9.90. The number of fused-ring (bicyclic) bond motifs is 1. The average Bonchev–Trinajstić information content (AvgIpc) is 2.23. The van der Waals surface area contributed by atoms with Crippen molar-refractivity contribution >= 4 is 5.97 Å². The van der Waals surface area contributed by atoms with Crippen molar-refractivity contribution < 1.29 is 9.53 Å². The number of hydrogen-bond donors (Lipinski definition) is 0. The number of esters is 1. The van der Waals surface area contributed by atoms with Crippen molar-refractivity contribution in [3.8, 4) is 0 Å². The predicted octanol–water partition coefficient (Wildman–Crippen LogP) is 2.64. The van der Waals surface area contributed by atoms with Gasteiger partial charge in [0, 0.05) is 0 Å². The first kappa shape index (κ1) is 8.79. The molecule has 1 aliphatic carbocycles. The van der Waals surface area contributed by atoms with Crippen LogP contribution in [0.15, 0.2) is 11.3 Å². The molecule has 2 rings (SSSR count). The van der Waals surface area contributed by atoms with Crippen LogP contribution in [0.1, 0.15) is 40.0 Å². The molecule has 2 nitrogen and oxygen atoms in total. The Morgan fingerprint density at radius 1 is 1.46 bits per heavy atom. The van der Waals surface area contributed by atoms with Gasteiger partial charge in [0.2, 0.25) is 0 Å². The molecule has 2 heteroatoms. The van der Waals surface area contributed by atoms with Gasteiger partial charge in [0.1, 0.15) is 5.76 Å². The van der Waals surface area contributed by atoms with Gasteiger partial charge in [-0.25, -0.2) is 0 Å². The molecule has 0 aromatic carbocycles. The minimum absolute atomic E-state index is 0.0519. The highest BCUT2D eigenvalue weighted by molar-refractivity contribution is 5.73. The number of carbonyl (C=O) groups excluding carboxylic acids is 1. The van der Waals surface area contributed by atoms with E-state index in [0.717, 1.165) is 18.6 Å². The second-order valence-electron chi connectivity index (χ2n) is 5.00. The van der Waals surface area contributed by atoms with Crippen molar-refractivity contribution in [1.82, 2.24) is 0 Å². The Labute approximate surface area is 79.0 Å². The van der Waals surface area contributed by atoms with E-state index in [0.29, 0.717) is 17.8 Å². The fourth-order valence-corrected chi connectivity index (χ4v) is 2.61. The SMILES string of the molecule is CC1=C2CC(C)(C)C[C@H]2CC(=O)O1. The Morgan fingerprint density at radius 2 is 2.15 bits per heavy atom. The van der Waals surface area contributed by atoms with Crippen molar-refractivity contribution in [3.05, 3.63) is 11.3 Å². The van der Waals surface area contributed by atoms with Crippen LogP contribution < -0.4 is 0 Å². The van der Waals surface area contributed by atoms with Crippen LogP contribution >= 0.6 is 0 Å². The third-order valence-corrected chi connectivity index (χ3v) is 3.09. The zero-order valence-corrected chi connectivity index (χ0v) is 8.52. The van der Waals surface area contributed by atoms with Gasteiger partial charge in [-0.1, -0.05) is 13.8 Å². The third kappa shape index (κ3) is 1.50. The van der Waals surface area contributed by atoms with Crippen molar-refractivity contribution in [1.29, 1.82) is 0 Å². The molecule has 0 saturated heterocycles. The molecular formula is C11H16O2. The van der Waals surface area contributed by atoms with Crippen LogP contribution in [0.25, 0.3) is 0 Å². The van der Waals surface area contributed by atoms with Gasteiger partial charge in [-0.2, -0.15) is 0 Å². The first-order valence-electron chi connectivity index (χ1n) is 4.88. The smallest absolute Gasteiger partial charge is 0.311 e. The number of allylic oxidation sites excluding steroid dienone is 2. The molecular weight excluding hydrogens is 164 g/mol. The Balaban J connectivity index is 2.31. The van der Waals surface area contributed by atoms with E-state index < -0.39 is 0 Å². The summed E-state index contributed by atoms with van der Waals surface area (Å²) in [6, 6.07) is 0. The second kappa shape index (κ2) is 2.60. The van der Waals surface area contributed by atoms with Crippen molar-refractivity contribution in [3.63, 3.8) is 0 Å². The summed E-state index contributed by atoms with van der Waals surface area (Å²) >= 11 is 0. The minimum Gasteiger partial charge on any atom is -0.431 e. The molecule has 1 aliphatic heterocycles. The molecule has 1 atom stereocenters. The molecule has 1 heterocycles. The standard InChI is InChI=1S/C11H16O2/c1-7-9-6-11(2,3)5-8(9)4-10(12)13-7/h8H,4-6H2,1-3H3/t8-/m1/s1. The molecule has 2 aliphatic rings. The van der Waals surface area contributed by atoms with Gasteiger partial charge < -0.3 is 4.74 Å². The van der Waals surface area contributed by atoms with Gasteiger partial charge in [0.15, 0.2) is 0 Å². The highest BCUT2D eigenvalue weighted by atomic mass is 16.5. The Morgan fingerprint density at radius 3 is 2.85 bits per heavy atom. The normalized spacial score (nSPS) is 31.6. The summed E-state index contributed by atoms with van der Waals surface area (Å²) < 4.78 is 5.13. The summed E-state index contributed by atoms with van der Waals surface area (Å²) in [4.78, 5) is 11.2. The largest absolute Gasteiger partial charge is 0.431 e. The van der Waals surface area contributed by atoms with E-state index in [1.54, 1.807) is 0 Å². The van der Waals surface area contributed by atoms with E-state index in [1.165, 1.54) is 5.57 Å². The molecule has 72 valence electrons. The van der Waals surface area contributed by atoms with Crippen LogP contribution in [0.4, 0.5) is 0 Å². The number of cyclic esters (lactones) is 1. The fourth-order valence-electron chi connectivity index (χ4n) is 2.61. The number of rotatable bonds is 0. The lowest BCUT2D eigenvalue weighted by Crippen LogP contribution is -2.17. The van der Waals surface area contributed by atoms with Gasteiger partial charge in [0.25, 0.3) is 0 Å². The first-order chi connectivity index (χ1) is 5.98. The third-order valence-electron chi connectivity index (χ3n) is 3.09. The lowest BCUT2D eigenvalue weighted by Gasteiger charge is -2.19. The average molecular weight is 180 g/mol. The van der Waals surface area contributed by atoms with Gasteiger partial charge in [-0.3, -0.25) is 4.79 Å². The molecule has 0 aromatic heterocycles. The van der Waals surface area contributed by atoms with Crippen molar-refractivity contribution in [2.45, 2.75) is 40.0 Å². The first-order valence-corrected chi connectivity index (χ1v) is 4.88. The van der Waals surface area contributed by atoms with Crippen LogP contribution in [0.5, 0.6) is 0 Å². The Kier molecular flexibility index (Phi) is 1.76. The minimum atomic E-state index is -0.0519. The zero-order valence-electron chi connectivity index (χ0n) is 8.52. The lowest BCUT2D eigenvalue weighted by molar-refractivity contribution is -0.141. The summed E-state index contributed by atoms with van der Waals surface area (Å²) in [7, 11) is 0. The predicted molar refractivity (Wildman–Crippen MR) is 49.9 cm³/mol. The summed E-state index contributed by atoms with van der Waals surface area (Å²) in [5.41, 5.74) is 1.74. The second-order valence-corrected chi connectivity index (χ2v) is 5.00. The van der Waals surface area contributed by atoms with E-state index in [1.807, 2.05) is 6.92 Å². The molecule has 1 saturated carbocycles. The highest BCUT2D eigenvalue weighted by Crippen LogP contribution is 2.49. The fraction of sp³-hybridized carbons (Fsp3) is 0.727. The molecule has 13 heavy (non-hydrogen) atoms. The zero-order chi connectivity index (χ0) is 9.64. The van der Waals surface area contributed by atoms with Gasteiger partial charge in [-0.05, 0) is 36.7 Å². The molecule has 0 bridgehead atoms. The summed E-state index contributed by atoms with van der Waals surface area (Å²) in [6.45, 7) is 6.44. The van der Waals surface area contributed by atoms with Crippen LogP contribution in [0.3, 0.4) is 0 Å². The quantitative estimate of drug-likeness (QED) is 0.536. The maximum absolute atomic E-state index is 11.2. The molecule has 0 spiro atoms. The topological polar surface area (TPSA) is 26.3 Å². The molecule has 1 fully saturated rings. The Bertz CT molecular complexity index is 286. The van der Waals surface area contributed by atoms with E-state index in [4.69, 9.17) is 4.74 Å². The summed E-state index contributed by atoms with van der Waals surface area (Å²) in [5, 5.41) is 0. The van der Waals surface area contributed by atoms with E-state index in [9.17, 15) is 4.79 Å². The van der Waals surface area contributed by atoms with Gasteiger partial charge in [-0.15, -0.1) is 0 Å². The van der Waals surface area contributed by atoms with Crippen LogP contribution in [0, 0.1) is 11.3 Å². The van der Waals surface area contributed by atoms with Gasteiger partial charge >= 0.3 is 5.97 Å². The number of hydrogen-bond acceptors (Lipinski definition) is 2. The van der Waals surface area contributed by atoms with E-state index in [-0.39, 0.29) is 5.97 Å². The summed E-state index contributed by atoms with van der Waals surface area (Å²) in [6.07, 6.45) is 2.82.